The van der Waals surface area contributed by atoms with Crippen LogP contribution in [0.3, 0.4) is 0 Å². The minimum Gasteiger partial charge on any atom is -0.311 e. The van der Waals surface area contributed by atoms with Gasteiger partial charge in [0.05, 0.1) is 0 Å². The van der Waals surface area contributed by atoms with Crippen molar-refractivity contribution in [2.24, 2.45) is 0 Å². The Bertz CT molecular complexity index is 530. The average Bonchev–Trinajstić information content (AvgIpc) is 2.47. The van der Waals surface area contributed by atoms with E-state index >= 15 is 0 Å². The molecule has 1 aromatic heterocycles. The third-order valence-corrected chi connectivity index (χ3v) is 3.71. The number of nitrogens with zero attached hydrogens (tertiary/aromatic N) is 1. The Labute approximate surface area is 106 Å². The quantitative estimate of drug-likeness (QED) is 0.876. The van der Waals surface area contributed by atoms with Gasteiger partial charge in [0, 0.05) is 23.8 Å². The molecule has 94 valence electrons. The minimum atomic E-state index is -0.934. The lowest BCUT2D eigenvalue weighted by Crippen LogP contribution is -2.37. The maximum Gasteiger partial charge on any atom is 0.141 e. The lowest BCUT2D eigenvalue weighted by molar-refractivity contribution is 0.222. The molecule has 3 rings (SSSR count). The van der Waals surface area contributed by atoms with E-state index in [2.05, 4.69) is 10.3 Å². The molecule has 2 nitrogen and oxygen atoms in total. The molecule has 1 aromatic carbocycles. The minimum absolute atomic E-state index is 0.0440. The summed E-state index contributed by atoms with van der Waals surface area (Å²) in [6.07, 6.45) is 5.78. The van der Waals surface area contributed by atoms with Gasteiger partial charge in [-0.2, -0.15) is 0 Å². The van der Waals surface area contributed by atoms with Crippen LogP contribution in [0.2, 0.25) is 0 Å². The highest BCUT2D eigenvalue weighted by molar-refractivity contribution is 5.85. The van der Waals surface area contributed by atoms with Crippen molar-refractivity contribution in [2.75, 3.05) is 6.54 Å². The number of halogens is 1. The Hall–Kier alpha value is -1.48. The first-order chi connectivity index (χ1) is 8.86. The molecule has 1 fully saturated rings. The van der Waals surface area contributed by atoms with Crippen molar-refractivity contribution < 1.29 is 4.39 Å². The van der Waals surface area contributed by atoms with Crippen LogP contribution in [0.25, 0.3) is 10.8 Å². The zero-order valence-corrected chi connectivity index (χ0v) is 10.3. The van der Waals surface area contributed by atoms with Crippen LogP contribution < -0.4 is 5.32 Å². The third kappa shape index (κ3) is 2.10. The van der Waals surface area contributed by atoms with E-state index in [1.165, 1.54) is 0 Å². The molecule has 1 aliphatic heterocycles. The Morgan fingerprint density at radius 1 is 1.28 bits per heavy atom. The molecule has 2 aromatic rings. The normalized spacial score (nSPS) is 21.9. The maximum absolute atomic E-state index is 14.7. The molecule has 0 amide bonds. The summed E-state index contributed by atoms with van der Waals surface area (Å²) in [6.45, 7) is 0.928. The van der Waals surface area contributed by atoms with E-state index in [0.29, 0.717) is 0 Å². The Balaban J connectivity index is 1.97. The number of benzene rings is 1. The van der Waals surface area contributed by atoms with Crippen LogP contribution in [-0.4, -0.2) is 17.6 Å². The molecule has 18 heavy (non-hydrogen) atoms. The van der Waals surface area contributed by atoms with E-state index in [1.807, 2.05) is 24.3 Å². The zero-order chi connectivity index (χ0) is 12.4. The van der Waals surface area contributed by atoms with Crippen LogP contribution in [0.1, 0.15) is 31.0 Å². The molecule has 1 aliphatic rings. The second kappa shape index (κ2) is 5.02. The predicted molar refractivity (Wildman–Crippen MR) is 71.2 cm³/mol. The first-order valence-electron chi connectivity index (χ1n) is 6.56. The number of aromatic nitrogens is 1. The summed E-state index contributed by atoms with van der Waals surface area (Å²) < 4.78 is 14.7. The van der Waals surface area contributed by atoms with Gasteiger partial charge in [-0.25, -0.2) is 4.39 Å². The summed E-state index contributed by atoms with van der Waals surface area (Å²) in [6, 6.07) is 7.64. The molecule has 3 heteroatoms. The molecular weight excluding hydrogens is 227 g/mol. The van der Waals surface area contributed by atoms with Crippen molar-refractivity contribution in [3.63, 3.8) is 0 Å². The van der Waals surface area contributed by atoms with Crippen molar-refractivity contribution in [3.05, 3.63) is 42.2 Å². The Kier molecular flexibility index (Phi) is 3.24. The van der Waals surface area contributed by atoms with E-state index in [9.17, 15) is 4.39 Å². The van der Waals surface area contributed by atoms with Crippen LogP contribution in [0.5, 0.6) is 0 Å². The fourth-order valence-electron chi connectivity index (χ4n) is 2.73. The van der Waals surface area contributed by atoms with Gasteiger partial charge in [-0.3, -0.25) is 4.98 Å². The first kappa shape index (κ1) is 11.6. The monoisotopic (exact) mass is 244 g/mol. The number of hydrogen-bond acceptors (Lipinski definition) is 2. The van der Waals surface area contributed by atoms with E-state index < -0.39 is 6.17 Å². The van der Waals surface area contributed by atoms with Gasteiger partial charge in [0.25, 0.3) is 0 Å². The van der Waals surface area contributed by atoms with Gasteiger partial charge < -0.3 is 5.32 Å². The summed E-state index contributed by atoms with van der Waals surface area (Å²) in [5.74, 6) is 0. The van der Waals surface area contributed by atoms with Crippen molar-refractivity contribution >= 4 is 10.8 Å². The molecule has 2 atom stereocenters. The molecule has 0 aliphatic carbocycles. The van der Waals surface area contributed by atoms with Crippen LogP contribution >= 0.6 is 0 Å². The number of pyridine rings is 1. The lowest BCUT2D eigenvalue weighted by atomic mass is 9.93. The van der Waals surface area contributed by atoms with Gasteiger partial charge in [-0.15, -0.1) is 0 Å². The summed E-state index contributed by atoms with van der Waals surface area (Å²) in [5.41, 5.74) is 0.786. The van der Waals surface area contributed by atoms with Crippen LogP contribution in [-0.2, 0) is 0 Å². The predicted octanol–water partition coefficient (Wildman–Crippen LogP) is 3.39. The molecule has 1 N–H and O–H groups in total. The number of alkyl halides is 1. The highest BCUT2D eigenvalue weighted by Crippen LogP contribution is 2.31. The first-order valence-corrected chi connectivity index (χ1v) is 6.56. The van der Waals surface area contributed by atoms with Crippen LogP contribution in [0.15, 0.2) is 36.7 Å². The molecule has 2 heterocycles. The van der Waals surface area contributed by atoms with E-state index in [-0.39, 0.29) is 6.04 Å². The van der Waals surface area contributed by atoms with Crippen molar-refractivity contribution in [1.29, 1.82) is 0 Å². The van der Waals surface area contributed by atoms with E-state index in [4.69, 9.17) is 0 Å². The molecule has 1 saturated heterocycles. The summed E-state index contributed by atoms with van der Waals surface area (Å²) >= 11 is 0. The number of rotatable bonds is 2. The highest BCUT2D eigenvalue weighted by Gasteiger charge is 2.25. The highest BCUT2D eigenvalue weighted by atomic mass is 19.1. The molecule has 0 spiro atoms. The van der Waals surface area contributed by atoms with Gasteiger partial charge in [0.1, 0.15) is 6.17 Å². The molecule has 0 saturated carbocycles. The third-order valence-electron chi connectivity index (χ3n) is 3.71. The second-order valence-electron chi connectivity index (χ2n) is 4.90. The number of hydrogen-bond donors (Lipinski definition) is 1. The van der Waals surface area contributed by atoms with E-state index in [0.717, 1.165) is 42.1 Å². The number of piperidine rings is 1. The standard InChI is InChI=1S/C15H17FN2/c16-15(14-6-1-2-8-18-14)13-5-3-4-11-10-17-9-7-12(11)13/h3-5,7,9-10,14-15,18H,1-2,6,8H2. The largest absolute Gasteiger partial charge is 0.311 e. The average molecular weight is 244 g/mol. The second-order valence-corrected chi connectivity index (χ2v) is 4.90. The van der Waals surface area contributed by atoms with Crippen molar-refractivity contribution in [1.82, 2.24) is 10.3 Å². The van der Waals surface area contributed by atoms with Gasteiger partial charge in [0.2, 0.25) is 0 Å². The van der Waals surface area contributed by atoms with Gasteiger partial charge in [-0.05, 0) is 36.4 Å². The lowest BCUT2D eigenvalue weighted by Gasteiger charge is -2.27. The molecule has 0 bridgehead atoms. The summed E-state index contributed by atoms with van der Waals surface area (Å²) in [5, 5.41) is 5.28. The Morgan fingerprint density at radius 2 is 2.22 bits per heavy atom. The SMILES string of the molecule is FC(c1cccc2cnccc12)C1CCCCN1. The maximum atomic E-state index is 14.7. The Morgan fingerprint density at radius 3 is 3.06 bits per heavy atom. The van der Waals surface area contributed by atoms with Crippen molar-refractivity contribution in [2.45, 2.75) is 31.5 Å². The topological polar surface area (TPSA) is 24.9 Å². The van der Waals surface area contributed by atoms with Crippen LogP contribution in [0, 0.1) is 0 Å². The van der Waals surface area contributed by atoms with Gasteiger partial charge in [0.15, 0.2) is 0 Å². The van der Waals surface area contributed by atoms with Crippen molar-refractivity contribution in [3.8, 4) is 0 Å². The number of nitrogens with one attached hydrogen (secondary N) is 1. The van der Waals surface area contributed by atoms with Gasteiger partial charge in [-0.1, -0.05) is 24.6 Å². The summed E-state index contributed by atoms with van der Waals surface area (Å²) in [7, 11) is 0. The van der Waals surface area contributed by atoms with Gasteiger partial charge >= 0.3 is 0 Å². The fourth-order valence-corrected chi connectivity index (χ4v) is 2.73. The molecular formula is C15H17FN2. The fraction of sp³-hybridized carbons (Fsp3) is 0.400. The summed E-state index contributed by atoms with van der Waals surface area (Å²) in [4.78, 5) is 4.09. The molecule has 2 unspecified atom stereocenters. The molecule has 0 radical (unpaired) electrons. The van der Waals surface area contributed by atoms with Crippen LogP contribution in [0.4, 0.5) is 4.39 Å². The zero-order valence-electron chi connectivity index (χ0n) is 10.3. The smallest absolute Gasteiger partial charge is 0.141 e. The van der Waals surface area contributed by atoms with E-state index in [1.54, 1.807) is 12.4 Å². The number of fused-ring (bicyclic) bond motifs is 1.